The monoisotopic (exact) mass is 680 g/mol. The quantitative estimate of drug-likeness (QED) is 0.0622. The highest BCUT2D eigenvalue weighted by atomic mass is 16.5. The highest BCUT2D eigenvalue weighted by Gasteiger charge is 2.14. The normalized spacial score (nSPS) is 16.8. The molecule has 0 saturated heterocycles. The molecule has 0 aromatic heterocycles. The molecule has 290 valence electrons. The van der Waals surface area contributed by atoms with Crippen LogP contribution >= 0.6 is 0 Å². The zero-order chi connectivity index (χ0) is 36.2. The fourth-order valence-corrected chi connectivity index (χ4v) is 7.37. The van der Waals surface area contributed by atoms with Crippen molar-refractivity contribution in [2.24, 2.45) is 47.3 Å². The van der Waals surface area contributed by atoms with Gasteiger partial charge in [-0.3, -0.25) is 0 Å². The van der Waals surface area contributed by atoms with Crippen LogP contribution in [0.3, 0.4) is 0 Å². The molecule has 0 rings (SSSR count). The van der Waals surface area contributed by atoms with Gasteiger partial charge in [-0.2, -0.15) is 0 Å². The van der Waals surface area contributed by atoms with Crippen LogP contribution in [-0.2, 0) is 9.47 Å². The van der Waals surface area contributed by atoms with Crippen LogP contribution in [0, 0.1) is 47.3 Å². The lowest BCUT2D eigenvalue weighted by atomic mass is 9.91. The molecule has 0 aliphatic rings. The lowest BCUT2D eigenvalue weighted by Crippen LogP contribution is -2.33. The smallest absolute Gasteiger partial charge is 0.0934 e. The Balaban J connectivity index is 3.97. The molecule has 0 fully saturated rings. The van der Waals surface area contributed by atoms with E-state index in [1.54, 1.807) is 0 Å². The summed E-state index contributed by atoms with van der Waals surface area (Å²) in [4.78, 5) is 2.24. The van der Waals surface area contributed by atoms with Crippen molar-refractivity contribution < 1.29 is 9.47 Å². The molecule has 0 heterocycles. The summed E-state index contributed by atoms with van der Waals surface area (Å²) in [6.45, 7) is 27.5. The molecule has 3 heteroatoms. The second-order valence-electron chi connectivity index (χ2n) is 18.4. The van der Waals surface area contributed by atoms with Crippen molar-refractivity contribution in [2.75, 3.05) is 40.5 Å². The van der Waals surface area contributed by atoms with E-state index in [-0.39, 0.29) is 6.10 Å². The van der Waals surface area contributed by atoms with Crippen LogP contribution in [0.2, 0.25) is 0 Å². The fourth-order valence-electron chi connectivity index (χ4n) is 7.37. The molecule has 0 amide bonds. The second-order valence-corrected chi connectivity index (χ2v) is 18.4. The van der Waals surface area contributed by atoms with E-state index in [1.807, 2.05) is 0 Å². The third-order valence-electron chi connectivity index (χ3n) is 11.1. The molecule has 7 atom stereocenters. The molecule has 0 aromatic carbocycles. The van der Waals surface area contributed by atoms with Gasteiger partial charge in [-0.05, 0) is 74.3 Å². The van der Waals surface area contributed by atoms with E-state index < -0.39 is 0 Å². The number of rotatable bonds is 35. The van der Waals surface area contributed by atoms with Gasteiger partial charge in [0.05, 0.1) is 12.7 Å². The van der Waals surface area contributed by atoms with Crippen LogP contribution in [0.4, 0.5) is 0 Å². The Hall–Kier alpha value is -0.120. The van der Waals surface area contributed by atoms with Crippen LogP contribution in [0.15, 0.2) is 0 Å². The summed E-state index contributed by atoms with van der Waals surface area (Å²) in [5.74, 6) is 6.76. The summed E-state index contributed by atoms with van der Waals surface area (Å²) < 4.78 is 12.6. The predicted octanol–water partition coefficient (Wildman–Crippen LogP) is 13.9. The molecule has 0 spiro atoms. The Morgan fingerprint density at radius 1 is 0.375 bits per heavy atom. The maximum Gasteiger partial charge on any atom is 0.0934 e. The van der Waals surface area contributed by atoms with Gasteiger partial charge in [0.1, 0.15) is 0 Å². The largest absolute Gasteiger partial charge is 0.379 e. The van der Waals surface area contributed by atoms with Gasteiger partial charge in [-0.15, -0.1) is 0 Å². The van der Waals surface area contributed by atoms with Crippen molar-refractivity contribution in [1.82, 2.24) is 4.90 Å². The minimum absolute atomic E-state index is 0.175. The van der Waals surface area contributed by atoms with Crippen molar-refractivity contribution in [3.05, 3.63) is 0 Å². The number of likely N-dealkylation sites (N-methyl/N-ethyl adjacent to an activating group) is 1. The van der Waals surface area contributed by atoms with Crippen molar-refractivity contribution in [3.8, 4) is 0 Å². The first-order chi connectivity index (χ1) is 22.8. The van der Waals surface area contributed by atoms with Gasteiger partial charge in [0, 0.05) is 19.8 Å². The minimum Gasteiger partial charge on any atom is -0.379 e. The Morgan fingerprint density at radius 3 is 0.979 bits per heavy atom. The third kappa shape index (κ3) is 33.0. The topological polar surface area (TPSA) is 21.7 Å². The van der Waals surface area contributed by atoms with Crippen molar-refractivity contribution >= 4 is 0 Å². The van der Waals surface area contributed by atoms with Crippen LogP contribution < -0.4 is 0 Å². The molecular weight excluding hydrogens is 587 g/mol. The lowest BCUT2D eigenvalue weighted by molar-refractivity contribution is -0.0325. The molecule has 48 heavy (non-hydrogen) atoms. The molecule has 7 unspecified atom stereocenters. The Labute approximate surface area is 305 Å². The highest BCUT2D eigenvalue weighted by Crippen LogP contribution is 2.24. The zero-order valence-corrected chi connectivity index (χ0v) is 35.4. The molecule has 0 aliphatic carbocycles. The second kappa shape index (κ2) is 31.6. The van der Waals surface area contributed by atoms with E-state index in [4.69, 9.17) is 9.47 Å². The molecule has 0 aromatic rings. The summed E-state index contributed by atoms with van der Waals surface area (Å²) in [6.07, 6.45) is 27.7. The molecule has 3 nitrogen and oxygen atoms in total. The van der Waals surface area contributed by atoms with Gasteiger partial charge in [0.25, 0.3) is 0 Å². The van der Waals surface area contributed by atoms with Gasteiger partial charge in [0.2, 0.25) is 0 Å². The number of ether oxygens (including phenoxy) is 2. The molecule has 0 aliphatic heterocycles. The van der Waals surface area contributed by atoms with E-state index >= 15 is 0 Å². The van der Waals surface area contributed by atoms with Gasteiger partial charge in [-0.25, -0.2) is 0 Å². The molecular formula is C45H93NO2. The van der Waals surface area contributed by atoms with Crippen molar-refractivity contribution in [3.63, 3.8) is 0 Å². The van der Waals surface area contributed by atoms with Gasteiger partial charge in [-0.1, -0.05) is 185 Å². The number of hydrogen-bond donors (Lipinski definition) is 0. The SMILES string of the molecule is CC(C)CCCC(C)CCCC(C)CCCC(C)CCOCC(CN(C)C)OCCC(C)CCCC(C)CCCC(C)CCCC(C)C. The minimum atomic E-state index is 0.175. The summed E-state index contributed by atoms with van der Waals surface area (Å²) in [5, 5.41) is 0. The first-order valence-electron chi connectivity index (χ1n) is 21.6. The average Bonchev–Trinajstić information content (AvgIpc) is 2.98. The first kappa shape index (κ1) is 47.9. The van der Waals surface area contributed by atoms with E-state index in [9.17, 15) is 0 Å². The van der Waals surface area contributed by atoms with E-state index in [0.29, 0.717) is 0 Å². The van der Waals surface area contributed by atoms with Crippen molar-refractivity contribution in [1.29, 1.82) is 0 Å². The highest BCUT2D eigenvalue weighted by molar-refractivity contribution is 4.65. The number of hydrogen-bond acceptors (Lipinski definition) is 3. The molecule has 0 radical (unpaired) electrons. The molecule has 0 bridgehead atoms. The molecule has 0 N–H and O–H groups in total. The molecule has 0 saturated carbocycles. The van der Waals surface area contributed by atoms with Crippen LogP contribution in [0.1, 0.15) is 198 Å². The Morgan fingerprint density at radius 2 is 0.667 bits per heavy atom. The van der Waals surface area contributed by atoms with E-state index in [2.05, 4.69) is 88.2 Å². The van der Waals surface area contributed by atoms with Crippen LogP contribution in [0.5, 0.6) is 0 Å². The summed E-state index contributed by atoms with van der Waals surface area (Å²) >= 11 is 0. The lowest BCUT2D eigenvalue weighted by Gasteiger charge is -2.23. The Kier molecular flexibility index (Phi) is 31.5. The third-order valence-corrected chi connectivity index (χ3v) is 11.1. The predicted molar refractivity (Wildman–Crippen MR) is 216 cm³/mol. The average molecular weight is 680 g/mol. The van der Waals surface area contributed by atoms with Crippen LogP contribution in [-0.4, -0.2) is 51.5 Å². The van der Waals surface area contributed by atoms with Gasteiger partial charge in [0.15, 0.2) is 0 Å². The first-order valence-corrected chi connectivity index (χ1v) is 21.6. The summed E-state index contributed by atoms with van der Waals surface area (Å²) in [7, 11) is 4.29. The van der Waals surface area contributed by atoms with Crippen molar-refractivity contribution in [2.45, 2.75) is 204 Å². The number of nitrogens with zero attached hydrogens (tertiary/aromatic N) is 1. The zero-order valence-electron chi connectivity index (χ0n) is 35.4. The Bertz CT molecular complexity index is 663. The van der Waals surface area contributed by atoms with Crippen LogP contribution in [0.25, 0.3) is 0 Å². The van der Waals surface area contributed by atoms with Gasteiger partial charge < -0.3 is 14.4 Å². The maximum absolute atomic E-state index is 6.37. The fraction of sp³-hybridized carbons (Fsp3) is 1.00. The maximum atomic E-state index is 6.37. The van der Waals surface area contributed by atoms with Gasteiger partial charge >= 0.3 is 0 Å². The summed E-state index contributed by atoms with van der Waals surface area (Å²) in [6, 6.07) is 0. The van der Waals surface area contributed by atoms with E-state index in [1.165, 1.54) is 128 Å². The summed E-state index contributed by atoms with van der Waals surface area (Å²) in [5.41, 5.74) is 0. The van der Waals surface area contributed by atoms with E-state index in [0.717, 1.165) is 73.7 Å². The standard InChI is InChI=1S/C45H93NO2/c1-37(2)19-13-21-39(5)23-15-25-41(7)27-17-29-43(9)31-33-47-36-45(35-46(11)12)48-34-32-44(10)30-18-28-42(8)26-16-24-40(6)22-14-20-38(3)4/h37-45H,13-36H2,1-12H3.